The predicted molar refractivity (Wildman–Crippen MR) is 91.2 cm³/mol. The summed E-state index contributed by atoms with van der Waals surface area (Å²) in [5.41, 5.74) is 0.487. The summed E-state index contributed by atoms with van der Waals surface area (Å²) in [6, 6.07) is 4.85. The lowest BCUT2D eigenvalue weighted by molar-refractivity contribution is 0.104. The first-order valence-electron chi connectivity index (χ1n) is 6.72. The number of rotatable bonds is 5. The van der Waals surface area contributed by atoms with Crippen LogP contribution in [-0.4, -0.2) is 22.4 Å². The van der Waals surface area contributed by atoms with Crippen molar-refractivity contribution in [1.29, 1.82) is 0 Å². The van der Waals surface area contributed by atoms with Crippen LogP contribution in [0.4, 0.5) is 0 Å². The van der Waals surface area contributed by atoms with Crippen molar-refractivity contribution in [1.82, 2.24) is 5.01 Å². The highest BCUT2D eigenvalue weighted by Gasteiger charge is 2.20. The predicted octanol–water partition coefficient (Wildman–Crippen LogP) is 5.20. The Hall–Kier alpha value is -0.970. The molecule has 1 aromatic carbocycles. The molecule has 1 aromatic rings. The molecule has 0 saturated heterocycles. The summed E-state index contributed by atoms with van der Waals surface area (Å²) in [7, 11) is 0. The summed E-state index contributed by atoms with van der Waals surface area (Å²) in [5, 5.41) is 9.01. The molecule has 0 aliphatic carbocycles. The lowest BCUT2D eigenvalue weighted by Crippen LogP contribution is -2.14. The van der Waals surface area contributed by atoms with Crippen molar-refractivity contribution in [2.75, 3.05) is 6.54 Å². The van der Waals surface area contributed by atoms with Crippen LogP contribution in [0.1, 0.15) is 37.0 Å². The van der Waals surface area contributed by atoms with Crippen molar-refractivity contribution in [3.63, 3.8) is 0 Å². The average molecular weight is 343 g/mol. The van der Waals surface area contributed by atoms with Gasteiger partial charge in [0.2, 0.25) is 0 Å². The number of unbranched alkanes of at least 4 members (excludes halogenated alkanes) is 1. The normalized spacial score (nSPS) is 16.5. The largest absolute Gasteiger partial charge is 0.289 e. The number of halogens is 2. The second-order valence-corrected chi connectivity index (χ2v) is 6.79. The minimum Gasteiger partial charge on any atom is -0.289 e. The van der Waals surface area contributed by atoms with Crippen LogP contribution in [0.3, 0.4) is 0 Å². The number of hydrogen-bond acceptors (Lipinski definition) is 4. The molecule has 1 aliphatic heterocycles. The van der Waals surface area contributed by atoms with E-state index in [0.717, 1.165) is 29.5 Å². The molecule has 3 nitrogen and oxygen atoms in total. The fraction of sp³-hybridized carbons (Fsp3) is 0.333. The van der Waals surface area contributed by atoms with E-state index in [1.165, 1.54) is 11.8 Å². The Kier molecular flexibility index (Phi) is 5.73. The zero-order valence-corrected chi connectivity index (χ0v) is 14.2. The third kappa shape index (κ3) is 4.50. The number of hydrogen-bond donors (Lipinski definition) is 0. The number of carbonyl (C=O) groups excluding carboxylic acids is 1. The third-order valence-corrected chi connectivity index (χ3v) is 4.24. The summed E-state index contributed by atoms with van der Waals surface area (Å²) in [6.07, 6.45) is 3.72. The molecule has 112 valence electrons. The number of benzene rings is 1. The maximum absolute atomic E-state index is 12.3. The average Bonchev–Trinajstić information content (AvgIpc) is 2.75. The van der Waals surface area contributed by atoms with Crippen LogP contribution < -0.4 is 0 Å². The minimum atomic E-state index is -0.117. The van der Waals surface area contributed by atoms with E-state index < -0.39 is 0 Å². The Bertz CT molecular complexity index is 593. The molecule has 2 rings (SSSR count). The van der Waals surface area contributed by atoms with Crippen molar-refractivity contribution >= 4 is 45.8 Å². The number of carbonyl (C=O) groups is 1. The van der Waals surface area contributed by atoms with Gasteiger partial charge in [-0.1, -0.05) is 48.3 Å². The molecule has 0 fully saturated rings. The number of thioether (sulfide) groups is 1. The van der Waals surface area contributed by atoms with Gasteiger partial charge in [0.1, 0.15) is 5.03 Å². The number of ketones is 1. The van der Waals surface area contributed by atoms with Crippen LogP contribution in [0.2, 0.25) is 10.0 Å². The van der Waals surface area contributed by atoms with Crippen LogP contribution in [0, 0.1) is 0 Å². The van der Waals surface area contributed by atoms with E-state index in [-0.39, 0.29) is 5.78 Å². The molecule has 0 atom stereocenters. The fourth-order valence-electron chi connectivity index (χ4n) is 1.91. The van der Waals surface area contributed by atoms with Gasteiger partial charge in [-0.05, 0) is 31.5 Å². The molecule has 0 radical (unpaired) electrons. The second-order valence-electron chi connectivity index (χ2n) is 4.70. The van der Waals surface area contributed by atoms with Crippen molar-refractivity contribution in [2.45, 2.75) is 26.7 Å². The molecule has 0 bridgehead atoms. The van der Waals surface area contributed by atoms with Crippen LogP contribution in [0.15, 0.2) is 34.4 Å². The van der Waals surface area contributed by atoms with Gasteiger partial charge < -0.3 is 0 Å². The Labute approximate surface area is 139 Å². The minimum absolute atomic E-state index is 0.117. The standard InChI is InChI=1S/C15H16Cl2N2OS/c1-3-4-5-19-15(21-10(2)18-19)9-14(20)11-6-12(16)8-13(17)7-11/h6-9H,3-5H2,1-2H3/b15-9-. The first-order valence-corrected chi connectivity index (χ1v) is 8.29. The maximum Gasteiger partial charge on any atom is 0.188 e. The van der Waals surface area contributed by atoms with Gasteiger partial charge in [0.25, 0.3) is 0 Å². The summed E-state index contributed by atoms with van der Waals surface area (Å²) in [4.78, 5) is 12.3. The highest BCUT2D eigenvalue weighted by Crippen LogP contribution is 2.30. The van der Waals surface area contributed by atoms with Crippen molar-refractivity contribution in [2.24, 2.45) is 5.10 Å². The molecule has 6 heteroatoms. The highest BCUT2D eigenvalue weighted by molar-refractivity contribution is 8.17. The van der Waals surface area contributed by atoms with Crippen LogP contribution >= 0.6 is 35.0 Å². The molecule has 0 N–H and O–H groups in total. The van der Waals surface area contributed by atoms with Crippen molar-refractivity contribution in [3.8, 4) is 0 Å². The maximum atomic E-state index is 12.3. The Morgan fingerprint density at radius 3 is 2.62 bits per heavy atom. The Balaban J connectivity index is 2.19. The van der Waals surface area contributed by atoms with Gasteiger partial charge in [0.05, 0.1) is 5.04 Å². The van der Waals surface area contributed by atoms with Gasteiger partial charge >= 0.3 is 0 Å². The number of hydrazone groups is 1. The number of nitrogens with zero attached hydrogens (tertiary/aromatic N) is 2. The van der Waals surface area contributed by atoms with Crippen LogP contribution in [-0.2, 0) is 0 Å². The summed E-state index contributed by atoms with van der Waals surface area (Å²) < 4.78 is 0. The smallest absolute Gasteiger partial charge is 0.188 e. The third-order valence-electron chi connectivity index (χ3n) is 2.89. The first-order chi connectivity index (χ1) is 9.99. The summed E-state index contributed by atoms with van der Waals surface area (Å²) in [6.45, 7) is 4.88. The zero-order chi connectivity index (χ0) is 15.4. The quantitative estimate of drug-likeness (QED) is 0.544. The molecule has 0 aromatic heterocycles. The summed E-state index contributed by atoms with van der Waals surface area (Å²) in [5.74, 6) is -0.117. The van der Waals surface area contributed by atoms with Gasteiger partial charge in [-0.15, -0.1) is 0 Å². The lowest BCUT2D eigenvalue weighted by atomic mass is 10.1. The molecule has 1 heterocycles. The highest BCUT2D eigenvalue weighted by atomic mass is 35.5. The van der Waals surface area contributed by atoms with Gasteiger partial charge in [0, 0.05) is 28.2 Å². The van der Waals surface area contributed by atoms with Gasteiger partial charge in [-0.25, -0.2) is 0 Å². The second kappa shape index (κ2) is 7.34. The zero-order valence-electron chi connectivity index (χ0n) is 11.9. The Morgan fingerprint density at radius 1 is 1.33 bits per heavy atom. The van der Waals surface area contributed by atoms with Crippen molar-refractivity contribution in [3.05, 3.63) is 44.9 Å². The van der Waals surface area contributed by atoms with Crippen LogP contribution in [0.5, 0.6) is 0 Å². The van der Waals surface area contributed by atoms with E-state index in [0.29, 0.717) is 15.6 Å². The molecule has 0 spiro atoms. The van der Waals surface area contributed by atoms with Gasteiger partial charge in [0.15, 0.2) is 5.78 Å². The monoisotopic (exact) mass is 342 g/mol. The SMILES string of the molecule is CCCCN1N=C(C)S/C1=C\C(=O)c1cc(Cl)cc(Cl)c1. The van der Waals surface area contributed by atoms with E-state index in [2.05, 4.69) is 12.0 Å². The van der Waals surface area contributed by atoms with E-state index in [9.17, 15) is 4.79 Å². The molecule has 0 amide bonds. The van der Waals surface area contributed by atoms with Gasteiger partial charge in [-0.3, -0.25) is 9.80 Å². The Morgan fingerprint density at radius 2 is 2.00 bits per heavy atom. The number of allylic oxidation sites excluding steroid dienone is 1. The van der Waals surface area contributed by atoms with Crippen molar-refractivity contribution < 1.29 is 4.79 Å². The van der Waals surface area contributed by atoms with Gasteiger partial charge in [-0.2, -0.15) is 5.10 Å². The fourth-order valence-corrected chi connectivity index (χ4v) is 3.28. The summed E-state index contributed by atoms with van der Waals surface area (Å²) >= 11 is 13.4. The molecular formula is C15H16Cl2N2OS. The van der Waals surface area contributed by atoms with E-state index in [4.69, 9.17) is 23.2 Å². The molecule has 0 unspecified atom stereocenters. The van der Waals surface area contributed by atoms with Crippen LogP contribution in [0.25, 0.3) is 0 Å². The molecule has 21 heavy (non-hydrogen) atoms. The molecular weight excluding hydrogens is 327 g/mol. The van der Waals surface area contributed by atoms with E-state index >= 15 is 0 Å². The first kappa shape index (κ1) is 16.4. The topological polar surface area (TPSA) is 32.7 Å². The van der Waals surface area contributed by atoms with E-state index in [1.54, 1.807) is 24.3 Å². The van der Waals surface area contributed by atoms with E-state index in [1.807, 2.05) is 11.9 Å². The molecule has 1 aliphatic rings. The lowest BCUT2D eigenvalue weighted by Gasteiger charge is -2.14. The molecule has 0 saturated carbocycles.